The third-order valence-electron chi connectivity index (χ3n) is 2.61. The molecule has 0 unspecified atom stereocenters. The van der Waals surface area contributed by atoms with E-state index in [1.807, 2.05) is 24.3 Å². The van der Waals surface area contributed by atoms with Crippen LogP contribution in [0, 0.1) is 5.41 Å². The van der Waals surface area contributed by atoms with E-state index in [0.717, 1.165) is 24.1 Å². The number of hydrogen-bond donors (Lipinski definition) is 2. The van der Waals surface area contributed by atoms with E-state index in [4.69, 9.17) is 5.41 Å². The molecular weight excluding hydrogens is 226 g/mol. The normalized spacial score (nSPS) is 10.3. The molecule has 1 aromatic heterocycles. The fourth-order valence-electron chi connectivity index (χ4n) is 1.63. The molecule has 2 aromatic rings. The summed E-state index contributed by atoms with van der Waals surface area (Å²) in [6, 6.07) is 7.94. The zero-order chi connectivity index (χ0) is 12.8. The minimum atomic E-state index is 0.476. The van der Waals surface area contributed by atoms with Crippen LogP contribution in [0.2, 0.25) is 0 Å². The molecule has 1 heterocycles. The molecule has 0 amide bonds. The molecule has 0 saturated carbocycles. The number of nitrogens with zero attached hydrogens (tertiary/aromatic N) is 3. The fraction of sp³-hybridized carbons (Fsp3) is 0.308. The zero-order valence-corrected chi connectivity index (χ0v) is 10.4. The van der Waals surface area contributed by atoms with Crippen molar-refractivity contribution < 1.29 is 0 Å². The maximum Gasteiger partial charge on any atom is 0.137 e. The summed E-state index contributed by atoms with van der Waals surface area (Å²) in [7, 11) is 0. The molecule has 0 fully saturated rings. The number of nitrogens with one attached hydrogen (secondary N) is 2. The quantitative estimate of drug-likeness (QED) is 0.620. The molecule has 1 aromatic carbocycles. The molecule has 0 aliphatic heterocycles. The Hall–Kier alpha value is -2.17. The predicted molar refractivity (Wildman–Crippen MR) is 70.7 cm³/mol. The van der Waals surface area contributed by atoms with Crippen molar-refractivity contribution in [2.24, 2.45) is 0 Å². The van der Waals surface area contributed by atoms with Gasteiger partial charge < -0.3 is 5.32 Å². The predicted octanol–water partition coefficient (Wildman–Crippen LogP) is 1.65. The second-order valence-corrected chi connectivity index (χ2v) is 4.09. The van der Waals surface area contributed by atoms with Crippen LogP contribution in [0.15, 0.2) is 36.9 Å². The number of hydrogen-bond acceptors (Lipinski definition) is 3. The first-order valence-electron chi connectivity index (χ1n) is 6.03. The van der Waals surface area contributed by atoms with Crippen LogP contribution in [0.25, 0.3) is 0 Å². The SMILES string of the molecule is CCCNC(=N)c1ccc(Cn2cncn2)cc1. The van der Waals surface area contributed by atoms with Gasteiger partial charge in [-0.2, -0.15) is 5.10 Å². The highest BCUT2D eigenvalue weighted by atomic mass is 15.3. The van der Waals surface area contributed by atoms with Crippen molar-refractivity contribution in [3.05, 3.63) is 48.0 Å². The number of aromatic nitrogens is 3. The van der Waals surface area contributed by atoms with Crippen LogP contribution >= 0.6 is 0 Å². The lowest BCUT2D eigenvalue weighted by molar-refractivity contribution is 0.685. The molecule has 5 heteroatoms. The van der Waals surface area contributed by atoms with Gasteiger partial charge in [0.2, 0.25) is 0 Å². The van der Waals surface area contributed by atoms with Gasteiger partial charge in [-0.1, -0.05) is 31.2 Å². The summed E-state index contributed by atoms with van der Waals surface area (Å²) in [6.07, 6.45) is 4.24. The van der Waals surface area contributed by atoms with Crippen LogP contribution < -0.4 is 5.32 Å². The Morgan fingerprint density at radius 2 is 2.11 bits per heavy atom. The maximum atomic E-state index is 7.86. The number of rotatable bonds is 5. The highest BCUT2D eigenvalue weighted by molar-refractivity contribution is 5.96. The summed E-state index contributed by atoms with van der Waals surface area (Å²) in [5.41, 5.74) is 2.05. The van der Waals surface area contributed by atoms with Crippen molar-refractivity contribution in [2.45, 2.75) is 19.9 Å². The van der Waals surface area contributed by atoms with Gasteiger partial charge in [0.05, 0.1) is 6.54 Å². The summed E-state index contributed by atoms with van der Waals surface area (Å²) in [6.45, 7) is 3.62. The van der Waals surface area contributed by atoms with Crippen molar-refractivity contribution in [1.29, 1.82) is 5.41 Å². The largest absolute Gasteiger partial charge is 0.370 e. The molecule has 0 aliphatic carbocycles. The van der Waals surface area contributed by atoms with Crippen LogP contribution in [0.4, 0.5) is 0 Å². The minimum absolute atomic E-state index is 0.476. The van der Waals surface area contributed by atoms with E-state index in [1.54, 1.807) is 11.0 Å². The van der Waals surface area contributed by atoms with Gasteiger partial charge in [0, 0.05) is 12.1 Å². The van der Waals surface area contributed by atoms with Crippen LogP contribution in [0.3, 0.4) is 0 Å². The van der Waals surface area contributed by atoms with E-state index in [-0.39, 0.29) is 0 Å². The zero-order valence-electron chi connectivity index (χ0n) is 10.4. The van der Waals surface area contributed by atoms with E-state index >= 15 is 0 Å². The maximum absolute atomic E-state index is 7.86. The molecular formula is C13H17N5. The first-order valence-corrected chi connectivity index (χ1v) is 6.03. The van der Waals surface area contributed by atoms with Crippen molar-refractivity contribution in [1.82, 2.24) is 20.1 Å². The fourth-order valence-corrected chi connectivity index (χ4v) is 1.63. The van der Waals surface area contributed by atoms with Gasteiger partial charge in [-0.05, 0) is 12.0 Å². The van der Waals surface area contributed by atoms with Gasteiger partial charge in [-0.25, -0.2) is 9.67 Å². The molecule has 0 radical (unpaired) electrons. The van der Waals surface area contributed by atoms with E-state index in [9.17, 15) is 0 Å². The van der Waals surface area contributed by atoms with Gasteiger partial charge in [0.1, 0.15) is 18.5 Å². The topological polar surface area (TPSA) is 66.6 Å². The van der Waals surface area contributed by atoms with Crippen LogP contribution in [0.1, 0.15) is 24.5 Å². The van der Waals surface area contributed by atoms with Crippen molar-refractivity contribution in [3.63, 3.8) is 0 Å². The lowest BCUT2D eigenvalue weighted by Gasteiger charge is -2.07. The Morgan fingerprint density at radius 1 is 1.33 bits per heavy atom. The van der Waals surface area contributed by atoms with Gasteiger partial charge in [-0.3, -0.25) is 5.41 Å². The lowest BCUT2D eigenvalue weighted by atomic mass is 10.1. The summed E-state index contributed by atoms with van der Waals surface area (Å²) in [5.74, 6) is 0.476. The molecule has 94 valence electrons. The van der Waals surface area contributed by atoms with Crippen LogP contribution in [0.5, 0.6) is 0 Å². The van der Waals surface area contributed by atoms with E-state index < -0.39 is 0 Å². The van der Waals surface area contributed by atoms with Gasteiger partial charge >= 0.3 is 0 Å². The van der Waals surface area contributed by atoms with Gasteiger partial charge in [0.25, 0.3) is 0 Å². The second-order valence-electron chi connectivity index (χ2n) is 4.09. The summed E-state index contributed by atoms with van der Waals surface area (Å²) in [5, 5.41) is 15.0. The monoisotopic (exact) mass is 243 g/mol. The van der Waals surface area contributed by atoms with E-state index in [1.165, 1.54) is 6.33 Å². The van der Waals surface area contributed by atoms with Crippen molar-refractivity contribution in [2.75, 3.05) is 6.54 Å². The third kappa shape index (κ3) is 3.16. The summed E-state index contributed by atoms with van der Waals surface area (Å²) in [4.78, 5) is 3.91. The molecule has 0 aliphatic rings. The van der Waals surface area contributed by atoms with Crippen molar-refractivity contribution >= 4 is 5.84 Å². The Labute approximate surface area is 106 Å². The van der Waals surface area contributed by atoms with E-state index in [0.29, 0.717) is 12.4 Å². The van der Waals surface area contributed by atoms with Gasteiger partial charge in [-0.15, -0.1) is 0 Å². The molecule has 18 heavy (non-hydrogen) atoms. The first-order chi connectivity index (χ1) is 8.79. The Balaban J connectivity index is 1.99. The first kappa shape index (κ1) is 12.3. The minimum Gasteiger partial charge on any atom is -0.370 e. The third-order valence-corrected chi connectivity index (χ3v) is 2.61. The number of benzene rings is 1. The molecule has 0 atom stereocenters. The standard InChI is InChI=1S/C13H17N5/c1-2-7-16-13(14)12-5-3-11(4-6-12)8-18-10-15-9-17-18/h3-6,9-10H,2,7-8H2,1H3,(H2,14,16). The van der Waals surface area contributed by atoms with Crippen molar-refractivity contribution in [3.8, 4) is 0 Å². The summed E-state index contributed by atoms with van der Waals surface area (Å²) < 4.78 is 1.77. The average Bonchev–Trinajstić information content (AvgIpc) is 2.89. The molecule has 2 rings (SSSR count). The Kier molecular flexibility index (Phi) is 4.06. The molecule has 2 N–H and O–H groups in total. The molecule has 5 nitrogen and oxygen atoms in total. The van der Waals surface area contributed by atoms with Crippen LogP contribution in [-0.2, 0) is 6.54 Å². The number of amidine groups is 1. The highest BCUT2D eigenvalue weighted by Gasteiger charge is 2.01. The molecule has 0 saturated heterocycles. The molecule has 0 spiro atoms. The lowest BCUT2D eigenvalue weighted by Crippen LogP contribution is -2.23. The smallest absolute Gasteiger partial charge is 0.137 e. The van der Waals surface area contributed by atoms with Gasteiger partial charge in [0.15, 0.2) is 0 Å². The molecule has 0 bridgehead atoms. The van der Waals surface area contributed by atoms with E-state index in [2.05, 4.69) is 22.3 Å². The Bertz CT molecular complexity index is 487. The average molecular weight is 243 g/mol. The second kappa shape index (κ2) is 5.95. The highest BCUT2D eigenvalue weighted by Crippen LogP contribution is 2.05. The summed E-state index contributed by atoms with van der Waals surface area (Å²) >= 11 is 0. The van der Waals surface area contributed by atoms with Crippen LogP contribution in [-0.4, -0.2) is 27.1 Å². The Morgan fingerprint density at radius 3 is 2.72 bits per heavy atom.